The minimum absolute atomic E-state index is 0.00485. The average molecular weight is 284 g/mol. The van der Waals surface area contributed by atoms with Crippen molar-refractivity contribution < 1.29 is 8.42 Å². The second-order valence-electron chi connectivity index (χ2n) is 4.72. The predicted octanol–water partition coefficient (Wildman–Crippen LogP) is 3.17. The third-order valence-electron chi connectivity index (χ3n) is 2.92. The van der Waals surface area contributed by atoms with Gasteiger partial charge in [0.15, 0.2) is 0 Å². The van der Waals surface area contributed by atoms with E-state index in [0.29, 0.717) is 5.56 Å². The van der Waals surface area contributed by atoms with Crippen LogP contribution in [-0.2, 0) is 9.84 Å². The van der Waals surface area contributed by atoms with E-state index < -0.39 is 9.84 Å². The molecule has 0 saturated carbocycles. The van der Waals surface area contributed by atoms with Crippen molar-refractivity contribution in [3.05, 3.63) is 57.9 Å². The van der Waals surface area contributed by atoms with Crippen molar-refractivity contribution in [2.24, 2.45) is 5.92 Å². The molecule has 1 aromatic rings. The number of allylic oxidation sites excluding steroid dienone is 3. The van der Waals surface area contributed by atoms with E-state index in [9.17, 15) is 8.42 Å². The lowest BCUT2D eigenvalue weighted by Gasteiger charge is -2.04. The van der Waals surface area contributed by atoms with Gasteiger partial charge in [0.05, 0.1) is 22.4 Å². The minimum Gasteiger partial charge on any atom is -0.226 e. The van der Waals surface area contributed by atoms with Crippen LogP contribution in [0.3, 0.4) is 0 Å². The van der Waals surface area contributed by atoms with Gasteiger partial charge in [-0.05, 0) is 17.5 Å². The van der Waals surface area contributed by atoms with Gasteiger partial charge < -0.3 is 0 Å². The molecule has 0 bridgehead atoms. The van der Waals surface area contributed by atoms with Crippen LogP contribution in [0.2, 0.25) is 0 Å². The van der Waals surface area contributed by atoms with Crippen LogP contribution < -0.4 is 0 Å². The van der Waals surface area contributed by atoms with Gasteiger partial charge >= 0.3 is 0 Å². The van der Waals surface area contributed by atoms with Crippen LogP contribution in [0.4, 0.5) is 0 Å². The van der Waals surface area contributed by atoms with Crippen molar-refractivity contribution in [2.45, 2.75) is 18.7 Å². The minimum atomic E-state index is -3.65. The van der Waals surface area contributed by atoms with Gasteiger partial charge in [0, 0.05) is 5.57 Å². The molecule has 0 aromatic heterocycles. The lowest BCUT2D eigenvalue weighted by molar-refractivity contribution is 0.604. The summed E-state index contributed by atoms with van der Waals surface area (Å²) in [7, 11) is -3.65. The Hall–Kier alpha value is -2.37. The highest BCUT2D eigenvalue weighted by Crippen LogP contribution is 2.45. The van der Waals surface area contributed by atoms with E-state index in [0.717, 1.165) is 0 Å². The molecule has 0 aliphatic carbocycles. The summed E-state index contributed by atoms with van der Waals surface area (Å²) in [6, 6.07) is 8.27. The summed E-state index contributed by atoms with van der Waals surface area (Å²) in [4.78, 5) is 3.41. The van der Waals surface area contributed by atoms with Gasteiger partial charge in [-0.3, -0.25) is 0 Å². The van der Waals surface area contributed by atoms with Crippen molar-refractivity contribution in [1.82, 2.24) is 0 Å². The van der Waals surface area contributed by atoms with E-state index in [1.54, 1.807) is 30.3 Å². The summed E-state index contributed by atoms with van der Waals surface area (Å²) in [5.41, 5.74) is 0.476. The van der Waals surface area contributed by atoms with E-state index in [1.807, 2.05) is 13.8 Å². The maximum Gasteiger partial charge on any atom is 0.270 e. The Morgan fingerprint density at radius 3 is 2.60 bits per heavy atom. The number of benzene rings is 1. The monoisotopic (exact) mass is 284 g/mol. The average Bonchev–Trinajstić information content (AvgIpc) is 2.62. The molecule has 0 N–H and O–H groups in total. The fourth-order valence-corrected chi connectivity index (χ4v) is 4.03. The first-order chi connectivity index (χ1) is 9.43. The first kappa shape index (κ1) is 14.0. The van der Waals surface area contributed by atoms with Gasteiger partial charge in [-0.25, -0.2) is 18.5 Å². The highest BCUT2D eigenvalue weighted by Gasteiger charge is 2.37. The number of nitriles is 1. The number of sulfone groups is 1. The summed E-state index contributed by atoms with van der Waals surface area (Å²) in [6.45, 7) is 10.8. The van der Waals surface area contributed by atoms with Gasteiger partial charge in [0.2, 0.25) is 9.84 Å². The van der Waals surface area contributed by atoms with Gasteiger partial charge in [-0.1, -0.05) is 38.1 Å². The maximum absolute atomic E-state index is 12.6. The molecule has 1 heterocycles. The molecule has 4 nitrogen and oxygen atoms in total. The Kier molecular flexibility index (Phi) is 3.48. The third kappa shape index (κ3) is 2.03. The summed E-state index contributed by atoms with van der Waals surface area (Å²) < 4.78 is 25.1. The predicted molar refractivity (Wildman–Crippen MR) is 75.7 cm³/mol. The van der Waals surface area contributed by atoms with Gasteiger partial charge in [-0.15, -0.1) is 0 Å². The quantitative estimate of drug-likeness (QED) is 0.588. The molecule has 0 fully saturated rings. The zero-order valence-corrected chi connectivity index (χ0v) is 11.9. The second kappa shape index (κ2) is 4.96. The number of hydrogen-bond donors (Lipinski definition) is 0. The Balaban J connectivity index is 2.96. The molecule has 0 amide bonds. The fraction of sp³-hybridized carbons (Fsp3) is 0.200. The Bertz CT molecular complexity index is 800. The van der Waals surface area contributed by atoms with E-state index in [2.05, 4.69) is 4.85 Å². The standard InChI is InChI=1S/C15H12N2O2S/c1-10(2)8-14-15(12(9-16)17-3)11-6-4-5-7-13(11)20(14,18)19/h4-8,10H,1-2H3/b14-8-,15-12?. The van der Waals surface area contributed by atoms with Crippen molar-refractivity contribution in [1.29, 1.82) is 5.26 Å². The largest absolute Gasteiger partial charge is 0.270 e. The molecule has 0 radical (unpaired) electrons. The van der Waals surface area contributed by atoms with E-state index in [1.165, 1.54) is 6.07 Å². The molecule has 2 rings (SSSR count). The molecular formula is C15H12N2O2S. The number of rotatable bonds is 1. The molecule has 0 saturated heterocycles. The summed E-state index contributed by atoms with van der Waals surface area (Å²) in [5, 5.41) is 9.09. The molecule has 1 aliphatic rings. The van der Waals surface area contributed by atoms with Crippen molar-refractivity contribution in [2.75, 3.05) is 0 Å². The zero-order chi connectivity index (χ0) is 14.9. The van der Waals surface area contributed by atoms with Crippen molar-refractivity contribution >= 4 is 15.4 Å². The van der Waals surface area contributed by atoms with E-state index in [-0.39, 0.29) is 27.0 Å². The second-order valence-corrected chi connectivity index (χ2v) is 6.61. The molecule has 20 heavy (non-hydrogen) atoms. The molecule has 100 valence electrons. The number of hydrogen-bond acceptors (Lipinski definition) is 3. The summed E-state index contributed by atoms with van der Waals surface area (Å²) in [6.07, 6.45) is 1.59. The molecule has 1 aromatic carbocycles. The summed E-state index contributed by atoms with van der Waals surface area (Å²) in [5.74, 6) is -0.00485. The zero-order valence-electron chi connectivity index (χ0n) is 11.1. The smallest absolute Gasteiger partial charge is 0.226 e. The van der Waals surface area contributed by atoms with Crippen LogP contribution in [0.25, 0.3) is 10.4 Å². The Morgan fingerprint density at radius 1 is 1.40 bits per heavy atom. The molecular weight excluding hydrogens is 272 g/mol. The lowest BCUT2D eigenvalue weighted by Crippen LogP contribution is -2.00. The van der Waals surface area contributed by atoms with Crippen LogP contribution in [0, 0.1) is 23.8 Å². The number of fused-ring (bicyclic) bond motifs is 1. The maximum atomic E-state index is 12.6. The van der Waals surface area contributed by atoms with Crippen LogP contribution in [-0.4, -0.2) is 8.42 Å². The molecule has 5 heteroatoms. The SMILES string of the molecule is [C-]#[N+]C(C#N)=C1/C(=C/C(C)C)S(=O)(=O)c2ccccc21. The van der Waals surface area contributed by atoms with Crippen LogP contribution in [0.15, 0.2) is 45.8 Å². The fourth-order valence-electron chi connectivity index (χ4n) is 2.15. The normalized spacial score (nSPS) is 20.4. The highest BCUT2D eigenvalue weighted by molar-refractivity contribution is 7.96. The Labute approximate surface area is 118 Å². The molecule has 0 spiro atoms. The summed E-state index contributed by atoms with van der Waals surface area (Å²) >= 11 is 0. The van der Waals surface area contributed by atoms with Gasteiger partial charge in [-0.2, -0.15) is 0 Å². The third-order valence-corrected chi connectivity index (χ3v) is 4.78. The van der Waals surface area contributed by atoms with E-state index in [4.69, 9.17) is 11.8 Å². The number of nitrogens with zero attached hydrogens (tertiary/aromatic N) is 2. The highest BCUT2D eigenvalue weighted by atomic mass is 32.2. The first-order valence-corrected chi connectivity index (χ1v) is 7.50. The first-order valence-electron chi connectivity index (χ1n) is 6.02. The molecule has 1 aliphatic heterocycles. The van der Waals surface area contributed by atoms with Crippen LogP contribution >= 0.6 is 0 Å². The lowest BCUT2D eigenvalue weighted by atomic mass is 10.0. The molecule has 0 unspecified atom stereocenters. The van der Waals surface area contributed by atoms with Gasteiger partial charge in [0.1, 0.15) is 0 Å². The van der Waals surface area contributed by atoms with Crippen LogP contribution in [0.1, 0.15) is 19.4 Å². The van der Waals surface area contributed by atoms with Crippen LogP contribution in [0.5, 0.6) is 0 Å². The topological polar surface area (TPSA) is 62.3 Å². The van der Waals surface area contributed by atoms with Crippen molar-refractivity contribution in [3.8, 4) is 6.07 Å². The van der Waals surface area contributed by atoms with Crippen molar-refractivity contribution in [3.63, 3.8) is 0 Å². The van der Waals surface area contributed by atoms with E-state index >= 15 is 0 Å². The molecule has 0 atom stereocenters. The Morgan fingerprint density at radius 2 is 2.05 bits per heavy atom. The van der Waals surface area contributed by atoms with Gasteiger partial charge in [0.25, 0.3) is 5.70 Å².